The number of oxime groups is 1. The predicted octanol–water partition coefficient (Wildman–Crippen LogP) is 2.80. The average Bonchev–Trinajstić information content (AvgIpc) is 2.89. The molecule has 21 heavy (non-hydrogen) atoms. The topological polar surface area (TPSA) is 74.6 Å². The first kappa shape index (κ1) is 15.0. The van der Waals surface area contributed by atoms with Gasteiger partial charge < -0.3 is 10.5 Å². The summed E-state index contributed by atoms with van der Waals surface area (Å²) in [5, 5.41) is 16.0. The minimum absolute atomic E-state index is 0.0961. The summed E-state index contributed by atoms with van der Waals surface area (Å²) in [5.41, 5.74) is 0.848. The van der Waals surface area contributed by atoms with Crippen molar-refractivity contribution in [3.05, 3.63) is 46.5 Å². The standard InChI is InChI=1S/C13H11F2N3O2S/c1-7(18-20)11-6-21-13(16-11)17-12(19)4-8-2-3-9(14)5-10(8)15/h2-3,5-6,20H,4H2,1H3,(H,16,17,19)/b18-7-. The smallest absolute Gasteiger partial charge is 0.230 e. The molecule has 0 fully saturated rings. The lowest BCUT2D eigenvalue weighted by atomic mass is 10.1. The summed E-state index contributed by atoms with van der Waals surface area (Å²) in [4.78, 5) is 15.8. The summed E-state index contributed by atoms with van der Waals surface area (Å²) in [6, 6.07) is 3.04. The summed E-state index contributed by atoms with van der Waals surface area (Å²) in [5.74, 6) is -1.94. The number of thiazole rings is 1. The van der Waals surface area contributed by atoms with E-state index in [-0.39, 0.29) is 12.0 Å². The number of carbonyl (C=O) groups is 1. The summed E-state index contributed by atoms with van der Waals surface area (Å²) in [6.07, 6.45) is -0.228. The number of nitrogens with zero attached hydrogens (tertiary/aromatic N) is 2. The summed E-state index contributed by atoms with van der Waals surface area (Å²) >= 11 is 1.15. The number of hydrogen-bond donors (Lipinski definition) is 2. The molecule has 1 heterocycles. The molecule has 0 saturated heterocycles. The van der Waals surface area contributed by atoms with Gasteiger partial charge in [0, 0.05) is 11.4 Å². The summed E-state index contributed by atoms with van der Waals surface area (Å²) < 4.78 is 26.2. The number of amides is 1. The first-order valence-corrected chi connectivity index (χ1v) is 6.76. The molecular formula is C13H11F2N3O2S. The van der Waals surface area contributed by atoms with E-state index in [9.17, 15) is 13.6 Å². The fourth-order valence-corrected chi connectivity index (χ4v) is 2.32. The largest absolute Gasteiger partial charge is 0.411 e. The van der Waals surface area contributed by atoms with E-state index in [0.717, 1.165) is 23.5 Å². The zero-order chi connectivity index (χ0) is 15.4. The van der Waals surface area contributed by atoms with Crippen LogP contribution in [0.25, 0.3) is 0 Å². The monoisotopic (exact) mass is 311 g/mol. The van der Waals surface area contributed by atoms with Gasteiger partial charge in [-0.1, -0.05) is 11.2 Å². The molecule has 2 N–H and O–H groups in total. The molecule has 0 atom stereocenters. The Labute approximate surface area is 122 Å². The Morgan fingerprint density at radius 1 is 1.48 bits per heavy atom. The maximum Gasteiger partial charge on any atom is 0.230 e. The van der Waals surface area contributed by atoms with E-state index in [1.807, 2.05) is 0 Å². The molecule has 0 spiro atoms. The zero-order valence-corrected chi connectivity index (χ0v) is 11.7. The first-order valence-electron chi connectivity index (χ1n) is 5.88. The molecule has 5 nitrogen and oxygen atoms in total. The van der Waals surface area contributed by atoms with Crippen LogP contribution in [0.3, 0.4) is 0 Å². The lowest BCUT2D eigenvalue weighted by Gasteiger charge is -2.03. The maximum atomic E-state index is 13.4. The minimum atomic E-state index is -0.770. The van der Waals surface area contributed by atoms with Gasteiger partial charge in [0.1, 0.15) is 23.0 Å². The fraction of sp³-hybridized carbons (Fsp3) is 0.154. The van der Waals surface area contributed by atoms with E-state index in [4.69, 9.17) is 5.21 Å². The molecule has 0 radical (unpaired) electrons. The molecule has 0 aliphatic heterocycles. The Bertz CT molecular complexity index is 700. The predicted molar refractivity (Wildman–Crippen MR) is 74.8 cm³/mol. The maximum absolute atomic E-state index is 13.4. The van der Waals surface area contributed by atoms with Crippen LogP contribution in [0.15, 0.2) is 28.7 Å². The molecule has 0 bridgehead atoms. The van der Waals surface area contributed by atoms with Crippen molar-refractivity contribution in [1.82, 2.24) is 4.98 Å². The Morgan fingerprint density at radius 2 is 2.24 bits per heavy atom. The highest BCUT2D eigenvalue weighted by Gasteiger charge is 2.12. The van der Waals surface area contributed by atoms with Crippen molar-refractivity contribution in [3.63, 3.8) is 0 Å². The van der Waals surface area contributed by atoms with E-state index in [2.05, 4.69) is 15.5 Å². The number of hydrogen-bond acceptors (Lipinski definition) is 5. The van der Waals surface area contributed by atoms with Gasteiger partial charge in [0.05, 0.1) is 6.42 Å². The molecule has 110 valence electrons. The van der Waals surface area contributed by atoms with Gasteiger partial charge >= 0.3 is 0 Å². The third-order valence-electron chi connectivity index (χ3n) is 2.64. The third kappa shape index (κ3) is 3.82. The van der Waals surface area contributed by atoms with Gasteiger partial charge in [-0.05, 0) is 18.6 Å². The lowest BCUT2D eigenvalue weighted by molar-refractivity contribution is -0.115. The normalized spacial score (nSPS) is 11.5. The van der Waals surface area contributed by atoms with Crippen LogP contribution in [0.1, 0.15) is 18.2 Å². The Morgan fingerprint density at radius 3 is 2.90 bits per heavy atom. The SMILES string of the molecule is C/C(=N/O)c1csc(NC(=O)Cc2ccc(F)cc2F)n1. The lowest BCUT2D eigenvalue weighted by Crippen LogP contribution is -2.15. The molecule has 1 amide bonds. The van der Waals surface area contributed by atoms with Crippen molar-refractivity contribution in [1.29, 1.82) is 0 Å². The first-order chi connectivity index (χ1) is 9.99. The highest BCUT2D eigenvalue weighted by Crippen LogP contribution is 2.17. The second kappa shape index (κ2) is 6.40. The molecule has 0 aliphatic rings. The summed E-state index contributed by atoms with van der Waals surface area (Å²) in [6.45, 7) is 1.56. The van der Waals surface area contributed by atoms with Gasteiger partial charge in [-0.2, -0.15) is 0 Å². The third-order valence-corrected chi connectivity index (χ3v) is 3.40. The van der Waals surface area contributed by atoms with Crippen LogP contribution in [0.2, 0.25) is 0 Å². The number of rotatable bonds is 4. The van der Waals surface area contributed by atoms with Crippen molar-refractivity contribution in [3.8, 4) is 0 Å². The van der Waals surface area contributed by atoms with Crippen molar-refractivity contribution >= 4 is 28.1 Å². The summed E-state index contributed by atoms with van der Waals surface area (Å²) in [7, 11) is 0. The van der Waals surface area contributed by atoms with Crippen LogP contribution >= 0.6 is 11.3 Å². The van der Waals surface area contributed by atoms with Gasteiger partial charge in [0.15, 0.2) is 5.13 Å². The second-order valence-electron chi connectivity index (χ2n) is 4.18. The number of nitrogens with one attached hydrogen (secondary N) is 1. The highest BCUT2D eigenvalue weighted by molar-refractivity contribution is 7.14. The van der Waals surface area contributed by atoms with E-state index >= 15 is 0 Å². The second-order valence-corrected chi connectivity index (χ2v) is 5.04. The van der Waals surface area contributed by atoms with Crippen LogP contribution in [0.5, 0.6) is 0 Å². The highest BCUT2D eigenvalue weighted by atomic mass is 32.1. The van der Waals surface area contributed by atoms with Crippen molar-refractivity contribution in [2.75, 3.05) is 5.32 Å². The van der Waals surface area contributed by atoms with Crippen LogP contribution < -0.4 is 5.32 Å². The van der Waals surface area contributed by atoms with Crippen molar-refractivity contribution < 1.29 is 18.8 Å². The van der Waals surface area contributed by atoms with E-state index in [0.29, 0.717) is 16.5 Å². The fourth-order valence-electron chi connectivity index (χ4n) is 1.55. The minimum Gasteiger partial charge on any atom is -0.411 e. The number of carbonyl (C=O) groups excluding carboxylic acids is 1. The molecule has 1 aromatic heterocycles. The number of benzene rings is 1. The van der Waals surface area contributed by atoms with E-state index < -0.39 is 17.5 Å². The quantitative estimate of drug-likeness (QED) is 0.518. The van der Waals surface area contributed by atoms with E-state index in [1.54, 1.807) is 12.3 Å². The number of halogens is 2. The molecular weight excluding hydrogens is 300 g/mol. The van der Waals surface area contributed by atoms with E-state index in [1.165, 1.54) is 6.07 Å². The molecule has 0 unspecified atom stereocenters. The van der Waals surface area contributed by atoms with Gasteiger partial charge in [-0.25, -0.2) is 13.8 Å². The zero-order valence-electron chi connectivity index (χ0n) is 10.9. The van der Waals surface area contributed by atoms with Crippen LogP contribution in [-0.4, -0.2) is 21.8 Å². The van der Waals surface area contributed by atoms with Crippen LogP contribution in [0, 0.1) is 11.6 Å². The number of aromatic nitrogens is 1. The molecule has 2 aromatic rings. The molecule has 8 heteroatoms. The molecule has 2 rings (SSSR count). The Hall–Kier alpha value is -2.35. The molecule has 1 aromatic carbocycles. The average molecular weight is 311 g/mol. The van der Waals surface area contributed by atoms with Gasteiger partial charge in [0.2, 0.25) is 5.91 Å². The van der Waals surface area contributed by atoms with Gasteiger partial charge in [-0.15, -0.1) is 11.3 Å². The van der Waals surface area contributed by atoms with Crippen molar-refractivity contribution in [2.45, 2.75) is 13.3 Å². The Balaban J connectivity index is 2.03. The molecule has 0 saturated carbocycles. The van der Waals surface area contributed by atoms with Crippen LogP contribution in [0.4, 0.5) is 13.9 Å². The van der Waals surface area contributed by atoms with Crippen LogP contribution in [-0.2, 0) is 11.2 Å². The number of anilines is 1. The Kier molecular flexibility index (Phi) is 4.59. The van der Waals surface area contributed by atoms with Crippen molar-refractivity contribution in [2.24, 2.45) is 5.16 Å². The van der Waals surface area contributed by atoms with Gasteiger partial charge in [0.25, 0.3) is 0 Å². The van der Waals surface area contributed by atoms with Gasteiger partial charge in [-0.3, -0.25) is 4.79 Å². The molecule has 0 aliphatic carbocycles.